The van der Waals surface area contributed by atoms with Crippen molar-refractivity contribution in [2.24, 2.45) is 10.2 Å². The van der Waals surface area contributed by atoms with Gasteiger partial charge < -0.3 is 10.6 Å². The largest absolute Gasteiger partial charge is 2.00 e. The zero-order valence-corrected chi connectivity index (χ0v) is 19.2. The van der Waals surface area contributed by atoms with Crippen molar-refractivity contribution in [2.45, 2.75) is 13.8 Å². The Hall–Kier alpha value is -2.49. The van der Waals surface area contributed by atoms with Gasteiger partial charge in [0.05, 0.1) is 23.8 Å². The van der Waals surface area contributed by atoms with Gasteiger partial charge in [-0.25, -0.2) is 0 Å². The molecule has 0 aliphatic carbocycles. The standard InChI is InChI=1S/2C9H12N4S.Ni/c2*1-7-4-3-5-8(12-7)6-11-13-9(14)10-2;/h2*3-6H,1-2H3,(H2,10,13,14);/q;;+2. The maximum atomic E-state index is 4.84. The molecular formula is C18H24N8NiS2+2. The number of nitrogens with one attached hydrogen (secondary N) is 4. The van der Waals surface area contributed by atoms with Crippen LogP contribution in [0.1, 0.15) is 22.8 Å². The smallest absolute Gasteiger partial charge is 0.364 e. The van der Waals surface area contributed by atoms with E-state index in [9.17, 15) is 0 Å². The molecule has 156 valence electrons. The monoisotopic (exact) mass is 474 g/mol. The summed E-state index contributed by atoms with van der Waals surface area (Å²) in [4.78, 5) is 8.49. The Kier molecular flexibility index (Phi) is 14.1. The van der Waals surface area contributed by atoms with Gasteiger partial charge in [-0.2, -0.15) is 10.2 Å². The molecule has 11 heteroatoms. The van der Waals surface area contributed by atoms with Gasteiger partial charge in [-0.05, 0) is 62.5 Å². The van der Waals surface area contributed by atoms with Crippen molar-refractivity contribution in [1.29, 1.82) is 0 Å². The predicted octanol–water partition coefficient (Wildman–Crippen LogP) is 1.63. The summed E-state index contributed by atoms with van der Waals surface area (Å²) in [7, 11) is 3.46. The van der Waals surface area contributed by atoms with Crippen molar-refractivity contribution < 1.29 is 16.5 Å². The Morgan fingerprint density at radius 1 is 0.793 bits per heavy atom. The summed E-state index contributed by atoms with van der Waals surface area (Å²) in [6.07, 6.45) is 3.24. The van der Waals surface area contributed by atoms with E-state index in [2.05, 4.69) is 41.7 Å². The molecule has 0 aliphatic rings. The summed E-state index contributed by atoms with van der Waals surface area (Å²) in [5.74, 6) is 0. The summed E-state index contributed by atoms with van der Waals surface area (Å²) in [6, 6.07) is 11.5. The Morgan fingerprint density at radius 2 is 1.17 bits per heavy atom. The number of nitrogens with zero attached hydrogens (tertiary/aromatic N) is 4. The molecule has 0 saturated heterocycles. The van der Waals surface area contributed by atoms with Gasteiger partial charge in [0.1, 0.15) is 0 Å². The minimum absolute atomic E-state index is 0. The second-order valence-corrected chi connectivity index (χ2v) is 6.12. The molecule has 0 amide bonds. The Bertz CT molecular complexity index is 773. The summed E-state index contributed by atoms with van der Waals surface area (Å²) in [5.41, 5.74) is 8.83. The fourth-order valence-electron chi connectivity index (χ4n) is 1.70. The van der Waals surface area contributed by atoms with Gasteiger partial charge in [0, 0.05) is 25.5 Å². The van der Waals surface area contributed by atoms with Gasteiger partial charge in [-0.3, -0.25) is 20.8 Å². The van der Waals surface area contributed by atoms with E-state index in [0.717, 1.165) is 22.8 Å². The van der Waals surface area contributed by atoms with E-state index in [1.54, 1.807) is 26.5 Å². The van der Waals surface area contributed by atoms with Crippen LogP contribution in [0.3, 0.4) is 0 Å². The molecule has 0 radical (unpaired) electrons. The number of hydrogen-bond donors (Lipinski definition) is 4. The van der Waals surface area contributed by atoms with Crippen molar-refractivity contribution >= 4 is 47.1 Å². The Morgan fingerprint density at radius 3 is 1.48 bits per heavy atom. The van der Waals surface area contributed by atoms with Crippen LogP contribution in [0.5, 0.6) is 0 Å². The van der Waals surface area contributed by atoms with Crippen LogP contribution in [0.25, 0.3) is 0 Å². The van der Waals surface area contributed by atoms with Crippen molar-refractivity contribution in [3.63, 3.8) is 0 Å². The van der Waals surface area contributed by atoms with Crippen LogP contribution in [0.4, 0.5) is 0 Å². The van der Waals surface area contributed by atoms with Gasteiger partial charge in [-0.15, -0.1) is 0 Å². The van der Waals surface area contributed by atoms with Crippen LogP contribution in [-0.2, 0) is 16.5 Å². The average Bonchev–Trinajstić information content (AvgIpc) is 2.68. The second-order valence-electron chi connectivity index (χ2n) is 5.31. The van der Waals surface area contributed by atoms with Gasteiger partial charge in [0.2, 0.25) is 0 Å². The molecular weight excluding hydrogens is 451 g/mol. The number of thiocarbonyl (C=S) groups is 2. The maximum absolute atomic E-state index is 4.84. The normalized spacial score (nSPS) is 9.79. The minimum atomic E-state index is 0. The predicted molar refractivity (Wildman–Crippen MR) is 123 cm³/mol. The van der Waals surface area contributed by atoms with E-state index in [0.29, 0.717) is 10.2 Å². The molecule has 0 saturated carbocycles. The number of rotatable bonds is 4. The van der Waals surface area contributed by atoms with Crippen LogP contribution in [0, 0.1) is 13.8 Å². The zero-order valence-electron chi connectivity index (χ0n) is 16.5. The first-order chi connectivity index (χ1) is 13.4. The first-order valence-corrected chi connectivity index (χ1v) is 9.15. The molecule has 0 unspecified atom stereocenters. The van der Waals surface area contributed by atoms with Crippen LogP contribution >= 0.6 is 24.4 Å². The maximum Gasteiger partial charge on any atom is 2.00 e. The summed E-state index contributed by atoms with van der Waals surface area (Å²) < 4.78 is 0. The van der Waals surface area contributed by atoms with Crippen LogP contribution in [-0.4, -0.2) is 46.7 Å². The van der Waals surface area contributed by atoms with Crippen LogP contribution in [0.15, 0.2) is 46.6 Å². The third kappa shape index (κ3) is 12.6. The van der Waals surface area contributed by atoms with Crippen LogP contribution in [0.2, 0.25) is 0 Å². The van der Waals surface area contributed by atoms with E-state index in [-0.39, 0.29) is 16.5 Å². The molecule has 0 aliphatic heterocycles. The molecule has 2 heterocycles. The van der Waals surface area contributed by atoms with Crippen molar-refractivity contribution in [1.82, 2.24) is 31.5 Å². The molecule has 0 aromatic carbocycles. The summed E-state index contributed by atoms with van der Waals surface area (Å²) >= 11 is 9.68. The number of pyridine rings is 2. The average molecular weight is 475 g/mol. The SMILES string of the molecule is CNC(=S)NN=Cc1cccc(C)n1.CNC(=S)NN=Cc1cccc(C)n1.[Ni+2]. The number of hydrazone groups is 2. The number of aromatic nitrogens is 2. The van der Waals surface area contributed by atoms with Gasteiger partial charge in [0.25, 0.3) is 0 Å². The van der Waals surface area contributed by atoms with Crippen molar-refractivity contribution in [3.05, 3.63) is 59.2 Å². The molecule has 0 bridgehead atoms. The topological polar surface area (TPSA) is 98.6 Å². The fourth-order valence-corrected chi connectivity index (χ4v) is 1.80. The Labute approximate surface area is 192 Å². The van der Waals surface area contributed by atoms with E-state index in [4.69, 9.17) is 24.4 Å². The second kappa shape index (κ2) is 15.4. The number of hydrogen-bond acceptors (Lipinski definition) is 6. The van der Waals surface area contributed by atoms with Gasteiger partial charge in [0.15, 0.2) is 10.2 Å². The molecule has 2 aromatic rings. The molecule has 8 nitrogen and oxygen atoms in total. The quantitative estimate of drug-likeness (QED) is 0.229. The third-order valence-corrected chi connectivity index (χ3v) is 3.59. The molecule has 2 aromatic heterocycles. The molecule has 0 atom stereocenters. The molecule has 0 spiro atoms. The molecule has 0 fully saturated rings. The molecule has 29 heavy (non-hydrogen) atoms. The summed E-state index contributed by atoms with van der Waals surface area (Å²) in [6.45, 7) is 3.87. The Balaban J connectivity index is 0.000000523. The third-order valence-electron chi connectivity index (χ3n) is 3.00. The molecule has 4 N–H and O–H groups in total. The van der Waals surface area contributed by atoms with Crippen molar-refractivity contribution in [2.75, 3.05) is 14.1 Å². The van der Waals surface area contributed by atoms with Gasteiger partial charge in [-0.1, -0.05) is 12.1 Å². The fraction of sp³-hybridized carbons (Fsp3) is 0.222. The summed E-state index contributed by atoms with van der Waals surface area (Å²) in [5, 5.41) is 14.3. The minimum Gasteiger partial charge on any atom is -0.364 e. The van der Waals surface area contributed by atoms with E-state index in [1.807, 2.05) is 50.2 Å². The first kappa shape index (κ1) is 26.5. The van der Waals surface area contributed by atoms with E-state index in [1.165, 1.54) is 0 Å². The van der Waals surface area contributed by atoms with Crippen LogP contribution < -0.4 is 21.5 Å². The first-order valence-electron chi connectivity index (χ1n) is 8.33. The van der Waals surface area contributed by atoms with Gasteiger partial charge >= 0.3 is 16.5 Å². The van der Waals surface area contributed by atoms with E-state index < -0.39 is 0 Å². The van der Waals surface area contributed by atoms with E-state index >= 15 is 0 Å². The molecule has 2 rings (SSSR count). The number of aryl methyl sites for hydroxylation is 2. The van der Waals surface area contributed by atoms with Crippen molar-refractivity contribution in [3.8, 4) is 0 Å². The zero-order chi connectivity index (χ0) is 20.8.